The zero-order valence-electron chi connectivity index (χ0n) is 15.7. The Morgan fingerprint density at radius 3 is 2.68 bits per heavy atom. The SMILES string of the molecule is O=C1NCN(c2ccc3[nH]cnc3c2)C1c1ccc(-c2ccc(C(F)(F)F)s2)c(F)c1. The van der Waals surface area contributed by atoms with Crippen LogP contribution in [0.3, 0.4) is 0 Å². The summed E-state index contributed by atoms with van der Waals surface area (Å²) in [5.41, 5.74) is 2.79. The predicted octanol–water partition coefficient (Wildman–Crippen LogP) is 5.08. The van der Waals surface area contributed by atoms with Crippen molar-refractivity contribution in [2.75, 3.05) is 11.6 Å². The number of amides is 1. The number of nitrogens with zero attached hydrogens (tertiary/aromatic N) is 2. The lowest BCUT2D eigenvalue weighted by Crippen LogP contribution is -2.25. The van der Waals surface area contributed by atoms with Gasteiger partial charge in [-0.3, -0.25) is 4.79 Å². The summed E-state index contributed by atoms with van der Waals surface area (Å²) in [5, 5.41) is 2.76. The fourth-order valence-electron chi connectivity index (χ4n) is 3.70. The van der Waals surface area contributed by atoms with Crippen molar-refractivity contribution in [3.05, 3.63) is 71.1 Å². The summed E-state index contributed by atoms with van der Waals surface area (Å²) in [5.74, 6) is -0.972. The van der Waals surface area contributed by atoms with Crippen LogP contribution >= 0.6 is 11.3 Å². The number of carbonyl (C=O) groups excluding carboxylic acids is 1. The zero-order valence-corrected chi connectivity index (χ0v) is 16.5. The lowest BCUT2D eigenvalue weighted by Gasteiger charge is -2.24. The van der Waals surface area contributed by atoms with Crippen LogP contribution in [0.1, 0.15) is 16.5 Å². The van der Waals surface area contributed by atoms with Gasteiger partial charge < -0.3 is 15.2 Å². The van der Waals surface area contributed by atoms with E-state index in [0.717, 1.165) is 22.8 Å². The molecule has 4 aromatic rings. The number of rotatable bonds is 3. The molecule has 2 N–H and O–H groups in total. The van der Waals surface area contributed by atoms with Crippen molar-refractivity contribution in [3.63, 3.8) is 0 Å². The van der Waals surface area contributed by atoms with Crippen LogP contribution in [-0.4, -0.2) is 22.5 Å². The number of hydrogen-bond donors (Lipinski definition) is 2. The van der Waals surface area contributed by atoms with Crippen molar-refractivity contribution in [3.8, 4) is 10.4 Å². The summed E-state index contributed by atoms with van der Waals surface area (Å²) in [6.07, 6.45) is -2.90. The third kappa shape index (κ3) is 3.42. The molecule has 2 aromatic heterocycles. The van der Waals surface area contributed by atoms with Gasteiger partial charge in [-0.1, -0.05) is 12.1 Å². The molecule has 31 heavy (non-hydrogen) atoms. The molecule has 1 unspecified atom stereocenters. The molecular weight excluding hydrogens is 432 g/mol. The van der Waals surface area contributed by atoms with Gasteiger partial charge in [-0.15, -0.1) is 11.3 Å². The van der Waals surface area contributed by atoms with Gasteiger partial charge in [0, 0.05) is 16.1 Å². The van der Waals surface area contributed by atoms with Gasteiger partial charge in [0.15, 0.2) is 0 Å². The smallest absolute Gasteiger partial charge is 0.345 e. The van der Waals surface area contributed by atoms with E-state index in [1.54, 1.807) is 17.3 Å². The topological polar surface area (TPSA) is 61.0 Å². The molecule has 10 heteroatoms. The Hall–Kier alpha value is -3.40. The molecule has 0 spiro atoms. The number of hydrogen-bond acceptors (Lipinski definition) is 4. The Kier molecular flexibility index (Phi) is 4.47. The standard InChI is InChI=1S/C21H14F4N4OS/c22-14-7-11(1-3-13(14)17-5-6-18(31-17)21(23,24)25)19-20(30)28-10-29(19)12-2-4-15-16(8-12)27-9-26-15/h1-9,19H,10H2,(H,26,27)(H,28,30). The number of thiophene rings is 1. The second-order valence-electron chi connectivity index (χ2n) is 7.08. The highest BCUT2D eigenvalue weighted by Gasteiger charge is 2.35. The Bertz CT molecular complexity index is 1300. The third-order valence-electron chi connectivity index (χ3n) is 5.18. The Labute approximate surface area is 177 Å². The summed E-state index contributed by atoms with van der Waals surface area (Å²) in [4.78, 5) is 20.9. The average Bonchev–Trinajstić information content (AvgIpc) is 3.46. The van der Waals surface area contributed by atoms with E-state index in [1.165, 1.54) is 18.2 Å². The van der Waals surface area contributed by atoms with Crippen LogP contribution in [0.4, 0.5) is 23.2 Å². The maximum absolute atomic E-state index is 14.9. The molecule has 5 rings (SSSR count). The van der Waals surface area contributed by atoms with Crippen LogP contribution in [0, 0.1) is 5.82 Å². The number of fused-ring (bicyclic) bond motifs is 1. The number of benzene rings is 2. The molecule has 3 heterocycles. The molecule has 0 bridgehead atoms. The lowest BCUT2D eigenvalue weighted by molar-refractivity contribution is -0.134. The maximum Gasteiger partial charge on any atom is 0.425 e. The molecular formula is C21H14F4N4OS. The minimum Gasteiger partial charge on any atom is -0.345 e. The maximum atomic E-state index is 14.9. The summed E-state index contributed by atoms with van der Waals surface area (Å²) in [7, 11) is 0. The predicted molar refractivity (Wildman–Crippen MR) is 109 cm³/mol. The first-order valence-electron chi connectivity index (χ1n) is 9.25. The normalized spacial score (nSPS) is 16.8. The van der Waals surface area contributed by atoms with E-state index < -0.39 is 22.9 Å². The molecule has 158 valence electrons. The highest BCUT2D eigenvalue weighted by Crippen LogP contribution is 2.40. The first-order chi connectivity index (χ1) is 14.8. The molecule has 1 fully saturated rings. The van der Waals surface area contributed by atoms with Gasteiger partial charge in [0.25, 0.3) is 0 Å². The van der Waals surface area contributed by atoms with E-state index in [1.807, 2.05) is 18.2 Å². The Balaban J connectivity index is 1.49. The number of nitrogens with one attached hydrogen (secondary N) is 2. The number of carbonyl (C=O) groups is 1. The van der Waals surface area contributed by atoms with Crippen LogP contribution in [0.2, 0.25) is 0 Å². The summed E-state index contributed by atoms with van der Waals surface area (Å²) < 4.78 is 53.5. The molecule has 0 saturated carbocycles. The van der Waals surface area contributed by atoms with Gasteiger partial charge in [-0.25, -0.2) is 9.37 Å². The van der Waals surface area contributed by atoms with Crippen molar-refractivity contribution < 1.29 is 22.4 Å². The van der Waals surface area contributed by atoms with E-state index in [-0.39, 0.29) is 23.0 Å². The monoisotopic (exact) mass is 446 g/mol. The minimum atomic E-state index is -4.48. The fourth-order valence-corrected chi connectivity index (χ4v) is 4.60. The van der Waals surface area contributed by atoms with Crippen LogP contribution in [0.25, 0.3) is 21.5 Å². The quantitative estimate of drug-likeness (QED) is 0.432. The van der Waals surface area contributed by atoms with Gasteiger partial charge in [-0.2, -0.15) is 13.2 Å². The van der Waals surface area contributed by atoms with E-state index in [4.69, 9.17) is 0 Å². The molecule has 0 aliphatic carbocycles. The molecule has 2 aromatic carbocycles. The molecule has 1 atom stereocenters. The van der Waals surface area contributed by atoms with Gasteiger partial charge >= 0.3 is 6.18 Å². The van der Waals surface area contributed by atoms with Gasteiger partial charge in [0.2, 0.25) is 5.91 Å². The number of anilines is 1. The number of H-pyrrole nitrogens is 1. The summed E-state index contributed by atoms with van der Waals surface area (Å²) in [6.45, 7) is 0.239. The van der Waals surface area contributed by atoms with Crippen LogP contribution in [0.15, 0.2) is 54.9 Å². The number of aromatic amines is 1. The van der Waals surface area contributed by atoms with Crippen molar-refractivity contribution in [1.82, 2.24) is 15.3 Å². The van der Waals surface area contributed by atoms with Crippen molar-refractivity contribution >= 4 is 34.0 Å². The van der Waals surface area contributed by atoms with Crippen molar-refractivity contribution in [2.24, 2.45) is 0 Å². The van der Waals surface area contributed by atoms with Crippen molar-refractivity contribution in [1.29, 1.82) is 0 Å². The number of halogens is 4. The lowest BCUT2D eigenvalue weighted by atomic mass is 10.0. The summed E-state index contributed by atoms with van der Waals surface area (Å²) in [6, 6.07) is 11.1. The average molecular weight is 446 g/mol. The Morgan fingerprint density at radius 2 is 1.94 bits per heavy atom. The fraction of sp³-hybridized carbons (Fsp3) is 0.143. The molecule has 5 nitrogen and oxygen atoms in total. The van der Waals surface area contributed by atoms with E-state index in [0.29, 0.717) is 16.9 Å². The second kappa shape index (κ2) is 7.09. The molecule has 1 aliphatic rings. The molecule has 1 amide bonds. The van der Waals surface area contributed by atoms with E-state index >= 15 is 0 Å². The van der Waals surface area contributed by atoms with Gasteiger partial charge in [-0.05, 0) is 42.0 Å². The zero-order chi connectivity index (χ0) is 21.8. The van der Waals surface area contributed by atoms with Gasteiger partial charge in [0.05, 0.1) is 24.0 Å². The highest BCUT2D eigenvalue weighted by atomic mass is 32.1. The third-order valence-corrected chi connectivity index (χ3v) is 6.34. The Morgan fingerprint density at radius 1 is 1.10 bits per heavy atom. The first-order valence-corrected chi connectivity index (χ1v) is 10.1. The van der Waals surface area contributed by atoms with Gasteiger partial charge in [0.1, 0.15) is 16.7 Å². The minimum absolute atomic E-state index is 0.0622. The first kappa shape index (κ1) is 19.6. The van der Waals surface area contributed by atoms with E-state index in [9.17, 15) is 22.4 Å². The second-order valence-corrected chi connectivity index (χ2v) is 8.16. The van der Waals surface area contributed by atoms with Crippen LogP contribution in [-0.2, 0) is 11.0 Å². The number of aromatic nitrogens is 2. The molecule has 0 radical (unpaired) electrons. The van der Waals surface area contributed by atoms with E-state index in [2.05, 4.69) is 15.3 Å². The van der Waals surface area contributed by atoms with Crippen LogP contribution < -0.4 is 10.2 Å². The summed E-state index contributed by atoms with van der Waals surface area (Å²) >= 11 is 0.480. The largest absolute Gasteiger partial charge is 0.425 e. The highest BCUT2D eigenvalue weighted by molar-refractivity contribution is 7.15. The number of imidazole rings is 1. The number of alkyl halides is 3. The molecule has 1 saturated heterocycles. The van der Waals surface area contributed by atoms with Crippen LogP contribution in [0.5, 0.6) is 0 Å². The van der Waals surface area contributed by atoms with Crippen molar-refractivity contribution in [2.45, 2.75) is 12.2 Å². The molecule has 1 aliphatic heterocycles.